The molecule has 0 bridgehead atoms. The zero-order chi connectivity index (χ0) is 12.3. The highest BCUT2D eigenvalue weighted by atomic mass is 79.9. The van der Waals surface area contributed by atoms with Gasteiger partial charge in [0.25, 0.3) is 0 Å². The number of hydrogen-bond donors (Lipinski definition) is 0. The van der Waals surface area contributed by atoms with Gasteiger partial charge >= 0.3 is 0 Å². The van der Waals surface area contributed by atoms with Crippen LogP contribution in [0.4, 0.5) is 0 Å². The number of benzene rings is 1. The van der Waals surface area contributed by atoms with Gasteiger partial charge < -0.3 is 0 Å². The third kappa shape index (κ3) is 4.00. The van der Waals surface area contributed by atoms with Crippen LogP contribution in [0, 0.1) is 0 Å². The van der Waals surface area contributed by atoms with Crippen molar-refractivity contribution in [3.05, 3.63) is 33.3 Å². The third-order valence-electron chi connectivity index (χ3n) is 1.77. The van der Waals surface area contributed by atoms with Crippen molar-refractivity contribution >= 4 is 44.7 Å². The van der Waals surface area contributed by atoms with Gasteiger partial charge in [0, 0.05) is 10.7 Å². The molecule has 0 aliphatic carbocycles. The normalized spacial score (nSPS) is 14.3. The van der Waals surface area contributed by atoms with Crippen LogP contribution in [-0.4, -0.2) is 15.2 Å². The molecule has 0 spiro atoms. The van der Waals surface area contributed by atoms with Crippen molar-refractivity contribution < 1.29 is 4.21 Å². The standard InChI is InChI=1S/C11H13BrClNOS/c1-11(2,3)16(15)14-7-8-4-5-10(13)9(12)6-8/h4-7H,1-3H3/b14-7+/t16-/m1/s1. The van der Waals surface area contributed by atoms with Gasteiger partial charge in [-0.15, -0.1) is 0 Å². The minimum Gasteiger partial charge on any atom is -0.234 e. The zero-order valence-corrected chi connectivity index (χ0v) is 12.5. The molecule has 0 aliphatic rings. The fourth-order valence-electron chi connectivity index (χ4n) is 0.860. The maximum atomic E-state index is 11.7. The van der Waals surface area contributed by atoms with Crippen molar-refractivity contribution in [3.63, 3.8) is 0 Å². The van der Waals surface area contributed by atoms with E-state index in [0.29, 0.717) is 5.02 Å². The second kappa shape index (κ2) is 5.43. The average Bonchev–Trinajstić information content (AvgIpc) is 2.18. The van der Waals surface area contributed by atoms with Gasteiger partial charge in [-0.3, -0.25) is 0 Å². The summed E-state index contributed by atoms with van der Waals surface area (Å²) in [5, 5.41) is 0.647. The Labute approximate surface area is 112 Å². The molecule has 0 heterocycles. The van der Waals surface area contributed by atoms with Crippen molar-refractivity contribution in [2.45, 2.75) is 25.5 Å². The number of rotatable bonds is 2. The first-order chi connectivity index (χ1) is 7.30. The van der Waals surface area contributed by atoms with Crippen LogP contribution in [0.25, 0.3) is 0 Å². The Balaban J connectivity index is 2.85. The second-order valence-electron chi connectivity index (χ2n) is 4.27. The van der Waals surface area contributed by atoms with Crippen molar-refractivity contribution in [2.75, 3.05) is 0 Å². The summed E-state index contributed by atoms with van der Waals surface area (Å²) in [4.78, 5) is 0. The van der Waals surface area contributed by atoms with Gasteiger partial charge in [-0.1, -0.05) is 17.7 Å². The Kier molecular flexibility index (Phi) is 4.71. The number of hydrogen-bond acceptors (Lipinski definition) is 1. The molecule has 16 heavy (non-hydrogen) atoms. The molecule has 2 nitrogen and oxygen atoms in total. The van der Waals surface area contributed by atoms with Crippen molar-refractivity contribution in [2.24, 2.45) is 4.40 Å². The van der Waals surface area contributed by atoms with Gasteiger partial charge in [-0.25, -0.2) is 4.21 Å². The van der Waals surface area contributed by atoms with E-state index in [0.717, 1.165) is 10.0 Å². The Hall–Kier alpha value is -0.190. The van der Waals surface area contributed by atoms with E-state index < -0.39 is 11.0 Å². The minimum atomic E-state index is -1.23. The van der Waals surface area contributed by atoms with E-state index >= 15 is 0 Å². The van der Waals surface area contributed by atoms with Crippen LogP contribution in [0.3, 0.4) is 0 Å². The number of halogens is 2. The van der Waals surface area contributed by atoms with Crippen LogP contribution in [0.2, 0.25) is 5.02 Å². The molecule has 1 aromatic rings. The van der Waals surface area contributed by atoms with E-state index in [9.17, 15) is 4.21 Å². The molecule has 0 aromatic heterocycles. The molecule has 88 valence electrons. The highest BCUT2D eigenvalue weighted by Crippen LogP contribution is 2.22. The molecule has 0 unspecified atom stereocenters. The lowest BCUT2D eigenvalue weighted by molar-refractivity contribution is 0.651. The fraction of sp³-hybridized carbons (Fsp3) is 0.364. The molecule has 1 atom stereocenters. The van der Waals surface area contributed by atoms with E-state index in [1.807, 2.05) is 32.9 Å². The van der Waals surface area contributed by atoms with Crippen LogP contribution in [0.15, 0.2) is 27.1 Å². The molecule has 0 aliphatic heterocycles. The van der Waals surface area contributed by atoms with E-state index in [1.165, 1.54) is 0 Å². The second-order valence-corrected chi connectivity index (χ2v) is 7.46. The van der Waals surface area contributed by atoms with Crippen LogP contribution in [-0.2, 0) is 11.0 Å². The van der Waals surface area contributed by atoms with Crippen molar-refractivity contribution in [1.82, 2.24) is 0 Å². The number of nitrogens with zero attached hydrogens (tertiary/aromatic N) is 1. The van der Waals surface area contributed by atoms with Gasteiger partial charge in [0.15, 0.2) is 0 Å². The van der Waals surface area contributed by atoms with E-state index in [1.54, 1.807) is 12.3 Å². The Bertz CT molecular complexity index is 440. The van der Waals surface area contributed by atoms with E-state index in [-0.39, 0.29) is 4.75 Å². The summed E-state index contributed by atoms with van der Waals surface area (Å²) in [7, 11) is -1.23. The lowest BCUT2D eigenvalue weighted by Gasteiger charge is -2.12. The molecule has 0 amide bonds. The van der Waals surface area contributed by atoms with Crippen molar-refractivity contribution in [1.29, 1.82) is 0 Å². The summed E-state index contributed by atoms with van der Waals surface area (Å²) < 4.78 is 16.2. The van der Waals surface area contributed by atoms with Crippen LogP contribution >= 0.6 is 27.5 Å². The van der Waals surface area contributed by atoms with Gasteiger partial charge in [0.2, 0.25) is 0 Å². The predicted octanol–water partition coefficient (Wildman–Crippen LogP) is 3.98. The SMILES string of the molecule is CC(C)(C)[S@@](=O)/N=C/c1ccc(Cl)c(Br)c1. The minimum absolute atomic E-state index is 0.333. The summed E-state index contributed by atoms with van der Waals surface area (Å²) >= 11 is 9.19. The molecule has 1 aromatic carbocycles. The monoisotopic (exact) mass is 321 g/mol. The first kappa shape index (κ1) is 13.9. The molecule has 5 heteroatoms. The summed E-state index contributed by atoms with van der Waals surface area (Å²) in [6.07, 6.45) is 1.60. The molecule has 0 saturated heterocycles. The van der Waals surface area contributed by atoms with Crippen LogP contribution in [0.5, 0.6) is 0 Å². The first-order valence-electron chi connectivity index (χ1n) is 4.72. The Morgan fingerprint density at radius 1 is 1.44 bits per heavy atom. The molecule has 0 radical (unpaired) electrons. The summed E-state index contributed by atoms with van der Waals surface area (Å²) in [5.74, 6) is 0. The maximum absolute atomic E-state index is 11.7. The average molecular weight is 323 g/mol. The highest BCUT2D eigenvalue weighted by Gasteiger charge is 2.18. The van der Waals surface area contributed by atoms with Gasteiger partial charge in [0.1, 0.15) is 11.0 Å². The molecular weight excluding hydrogens is 310 g/mol. The Morgan fingerprint density at radius 3 is 2.56 bits per heavy atom. The third-order valence-corrected chi connectivity index (χ3v) is 4.32. The zero-order valence-electron chi connectivity index (χ0n) is 9.33. The van der Waals surface area contributed by atoms with Crippen LogP contribution in [0.1, 0.15) is 26.3 Å². The lowest BCUT2D eigenvalue weighted by atomic mass is 10.2. The highest BCUT2D eigenvalue weighted by molar-refractivity contribution is 9.10. The summed E-state index contributed by atoms with van der Waals surface area (Å²) in [6, 6.07) is 5.44. The molecule has 1 rings (SSSR count). The molecule has 0 N–H and O–H groups in total. The summed E-state index contributed by atoms with van der Waals surface area (Å²) in [6.45, 7) is 5.66. The van der Waals surface area contributed by atoms with Crippen LogP contribution < -0.4 is 0 Å². The van der Waals surface area contributed by atoms with Gasteiger partial charge in [-0.2, -0.15) is 4.40 Å². The van der Waals surface area contributed by atoms with Crippen molar-refractivity contribution in [3.8, 4) is 0 Å². The van der Waals surface area contributed by atoms with Gasteiger partial charge in [-0.05, 0) is 54.4 Å². The smallest absolute Gasteiger partial charge is 0.144 e. The fourth-order valence-corrected chi connectivity index (χ4v) is 1.91. The quantitative estimate of drug-likeness (QED) is 0.757. The lowest BCUT2D eigenvalue weighted by Crippen LogP contribution is -2.19. The molecule has 0 fully saturated rings. The topological polar surface area (TPSA) is 29.4 Å². The maximum Gasteiger partial charge on any atom is 0.144 e. The summed E-state index contributed by atoms with van der Waals surface area (Å²) in [5.41, 5.74) is 0.869. The largest absolute Gasteiger partial charge is 0.234 e. The van der Waals surface area contributed by atoms with Gasteiger partial charge in [0.05, 0.1) is 9.77 Å². The first-order valence-corrected chi connectivity index (χ1v) is 6.99. The Morgan fingerprint density at radius 2 is 2.06 bits per heavy atom. The molecular formula is C11H13BrClNOS. The van der Waals surface area contributed by atoms with E-state index in [4.69, 9.17) is 11.6 Å². The molecule has 0 saturated carbocycles. The predicted molar refractivity (Wildman–Crippen MR) is 74.6 cm³/mol. The van der Waals surface area contributed by atoms with E-state index in [2.05, 4.69) is 20.3 Å².